The molecule has 2 nitrogen and oxygen atoms in total. The molecule has 1 aromatic rings. The van der Waals surface area contributed by atoms with E-state index in [1.807, 2.05) is 0 Å². The van der Waals surface area contributed by atoms with E-state index in [1.165, 1.54) is 6.07 Å². The van der Waals surface area contributed by atoms with Gasteiger partial charge in [-0.05, 0) is 31.0 Å². The zero-order chi connectivity index (χ0) is 13.9. The van der Waals surface area contributed by atoms with Crippen LogP contribution < -0.4 is 5.73 Å². The Kier molecular flexibility index (Phi) is 4.53. The number of halogens is 2. The van der Waals surface area contributed by atoms with Gasteiger partial charge in [-0.3, -0.25) is 0 Å². The molecule has 1 unspecified atom stereocenters. The van der Waals surface area contributed by atoms with Gasteiger partial charge in [0.25, 0.3) is 0 Å². The van der Waals surface area contributed by atoms with E-state index in [-0.39, 0.29) is 5.56 Å². The molecule has 0 amide bonds. The van der Waals surface area contributed by atoms with Gasteiger partial charge in [-0.15, -0.1) is 0 Å². The van der Waals surface area contributed by atoms with Crippen LogP contribution in [0.1, 0.15) is 50.1 Å². The third-order valence-corrected chi connectivity index (χ3v) is 4.22. The summed E-state index contributed by atoms with van der Waals surface area (Å²) in [7, 11) is 1.61. The van der Waals surface area contributed by atoms with E-state index in [0.717, 1.165) is 50.7 Å². The molecule has 0 radical (unpaired) electrons. The topological polar surface area (TPSA) is 35.2 Å². The highest BCUT2D eigenvalue weighted by Crippen LogP contribution is 2.39. The fraction of sp³-hybridized carbons (Fsp3) is 0.600. The molecule has 4 heteroatoms. The standard InChI is InChI=1S/C15H21F2NO/c1-19-15(8-4-2-3-5-9-15)14(18)12-10-11(16)6-7-13(12)17/h6-7,10,14H,2-5,8-9,18H2,1H3. The molecular formula is C15H21F2NO. The molecule has 2 rings (SSSR count). The average molecular weight is 269 g/mol. The molecule has 1 aliphatic rings. The maximum atomic E-state index is 13.9. The molecular weight excluding hydrogens is 248 g/mol. The molecule has 106 valence electrons. The number of hydrogen-bond acceptors (Lipinski definition) is 2. The number of hydrogen-bond donors (Lipinski definition) is 1. The van der Waals surface area contributed by atoms with Crippen molar-refractivity contribution in [3.63, 3.8) is 0 Å². The van der Waals surface area contributed by atoms with E-state index >= 15 is 0 Å². The van der Waals surface area contributed by atoms with E-state index in [4.69, 9.17) is 10.5 Å². The first kappa shape index (κ1) is 14.4. The van der Waals surface area contributed by atoms with Crippen LogP contribution in [0.5, 0.6) is 0 Å². The molecule has 2 N–H and O–H groups in total. The Morgan fingerprint density at radius 3 is 2.37 bits per heavy atom. The minimum atomic E-state index is -0.633. The van der Waals surface area contributed by atoms with Crippen LogP contribution in [0.2, 0.25) is 0 Å². The van der Waals surface area contributed by atoms with Crippen molar-refractivity contribution in [2.45, 2.75) is 50.2 Å². The second-order valence-electron chi connectivity index (χ2n) is 5.33. The molecule has 0 saturated heterocycles. The Balaban J connectivity index is 2.33. The summed E-state index contributed by atoms with van der Waals surface area (Å²) >= 11 is 0. The fourth-order valence-corrected chi connectivity index (χ4v) is 3.01. The molecule has 0 heterocycles. The molecule has 1 fully saturated rings. The van der Waals surface area contributed by atoms with Gasteiger partial charge < -0.3 is 10.5 Å². The average Bonchev–Trinajstić information content (AvgIpc) is 2.67. The van der Waals surface area contributed by atoms with E-state index < -0.39 is 23.3 Å². The van der Waals surface area contributed by atoms with E-state index in [2.05, 4.69) is 0 Å². The summed E-state index contributed by atoms with van der Waals surface area (Å²) < 4.78 is 32.9. The minimum absolute atomic E-state index is 0.212. The van der Waals surface area contributed by atoms with Gasteiger partial charge in [-0.25, -0.2) is 8.78 Å². The molecule has 19 heavy (non-hydrogen) atoms. The number of ether oxygens (including phenoxy) is 1. The van der Waals surface area contributed by atoms with Crippen molar-refractivity contribution in [3.05, 3.63) is 35.4 Å². The highest BCUT2D eigenvalue weighted by atomic mass is 19.1. The summed E-state index contributed by atoms with van der Waals surface area (Å²) in [5.74, 6) is -0.929. The maximum Gasteiger partial charge on any atom is 0.128 e. The smallest absolute Gasteiger partial charge is 0.128 e. The Hall–Kier alpha value is -1.00. The Labute approximate surface area is 112 Å². The van der Waals surface area contributed by atoms with Crippen LogP contribution in [0, 0.1) is 11.6 Å². The van der Waals surface area contributed by atoms with Crippen LogP contribution in [0.15, 0.2) is 18.2 Å². The van der Waals surface area contributed by atoms with Crippen LogP contribution in [-0.2, 0) is 4.74 Å². The number of rotatable bonds is 3. The van der Waals surface area contributed by atoms with Crippen molar-refractivity contribution in [2.75, 3.05) is 7.11 Å². The third-order valence-electron chi connectivity index (χ3n) is 4.22. The maximum absolute atomic E-state index is 13.9. The summed E-state index contributed by atoms with van der Waals surface area (Å²) in [6.45, 7) is 0. The monoisotopic (exact) mass is 269 g/mol. The van der Waals surface area contributed by atoms with Crippen molar-refractivity contribution in [3.8, 4) is 0 Å². The van der Waals surface area contributed by atoms with Gasteiger partial charge in [0.05, 0.1) is 11.6 Å². The van der Waals surface area contributed by atoms with Crippen molar-refractivity contribution in [1.82, 2.24) is 0 Å². The van der Waals surface area contributed by atoms with Crippen molar-refractivity contribution < 1.29 is 13.5 Å². The SMILES string of the molecule is COC1(C(N)c2cc(F)ccc2F)CCCCCC1. The van der Waals surface area contributed by atoms with Crippen LogP contribution in [0.3, 0.4) is 0 Å². The second kappa shape index (κ2) is 5.97. The first-order chi connectivity index (χ1) is 9.09. The van der Waals surface area contributed by atoms with Crippen molar-refractivity contribution in [2.24, 2.45) is 5.73 Å². The molecule has 0 aliphatic heterocycles. The summed E-state index contributed by atoms with van der Waals surface area (Å²) in [5.41, 5.74) is 5.86. The molecule has 0 spiro atoms. The van der Waals surface area contributed by atoms with Gasteiger partial charge in [0.1, 0.15) is 11.6 Å². The van der Waals surface area contributed by atoms with Crippen LogP contribution in [0.4, 0.5) is 8.78 Å². The lowest BCUT2D eigenvalue weighted by atomic mass is 9.82. The third kappa shape index (κ3) is 2.95. The summed E-state index contributed by atoms with van der Waals surface area (Å²) in [6, 6.07) is 2.79. The Morgan fingerprint density at radius 2 is 1.79 bits per heavy atom. The molecule has 1 aromatic carbocycles. The first-order valence-electron chi connectivity index (χ1n) is 6.85. The Morgan fingerprint density at radius 1 is 1.16 bits per heavy atom. The zero-order valence-electron chi connectivity index (χ0n) is 11.3. The predicted octanol–water partition coefficient (Wildman–Crippen LogP) is 3.70. The number of nitrogens with two attached hydrogens (primary N) is 1. The van der Waals surface area contributed by atoms with Gasteiger partial charge in [0.2, 0.25) is 0 Å². The van der Waals surface area contributed by atoms with Gasteiger partial charge in [-0.1, -0.05) is 25.7 Å². The van der Waals surface area contributed by atoms with Gasteiger partial charge in [0, 0.05) is 12.7 Å². The highest BCUT2D eigenvalue weighted by molar-refractivity contribution is 5.25. The second-order valence-corrected chi connectivity index (χ2v) is 5.33. The summed E-state index contributed by atoms with van der Waals surface area (Å²) in [5, 5.41) is 0. The van der Waals surface area contributed by atoms with E-state index in [9.17, 15) is 8.78 Å². The quantitative estimate of drug-likeness (QED) is 0.849. The van der Waals surface area contributed by atoms with Gasteiger partial charge in [0.15, 0.2) is 0 Å². The lowest BCUT2D eigenvalue weighted by molar-refractivity contribution is -0.0450. The lowest BCUT2D eigenvalue weighted by Crippen LogP contribution is -2.43. The molecule has 0 aromatic heterocycles. The largest absolute Gasteiger partial charge is 0.376 e. The summed E-state index contributed by atoms with van der Waals surface area (Å²) in [4.78, 5) is 0. The number of methoxy groups -OCH3 is 1. The predicted molar refractivity (Wildman–Crippen MR) is 70.7 cm³/mol. The Bertz CT molecular complexity index is 428. The van der Waals surface area contributed by atoms with Gasteiger partial charge in [-0.2, -0.15) is 0 Å². The molecule has 1 saturated carbocycles. The van der Waals surface area contributed by atoms with Gasteiger partial charge >= 0.3 is 0 Å². The summed E-state index contributed by atoms with van der Waals surface area (Å²) in [6.07, 6.45) is 5.89. The normalized spacial score (nSPS) is 20.8. The van der Waals surface area contributed by atoms with Crippen molar-refractivity contribution in [1.29, 1.82) is 0 Å². The molecule has 0 bridgehead atoms. The fourth-order valence-electron chi connectivity index (χ4n) is 3.01. The zero-order valence-corrected chi connectivity index (χ0v) is 11.3. The van der Waals surface area contributed by atoms with Crippen molar-refractivity contribution >= 4 is 0 Å². The van der Waals surface area contributed by atoms with Crippen LogP contribution in [-0.4, -0.2) is 12.7 Å². The molecule has 1 atom stereocenters. The highest BCUT2D eigenvalue weighted by Gasteiger charge is 2.39. The minimum Gasteiger partial charge on any atom is -0.376 e. The lowest BCUT2D eigenvalue weighted by Gasteiger charge is -2.37. The van der Waals surface area contributed by atoms with Crippen LogP contribution in [0.25, 0.3) is 0 Å². The molecule has 1 aliphatic carbocycles. The van der Waals surface area contributed by atoms with E-state index in [1.54, 1.807) is 7.11 Å². The van der Waals surface area contributed by atoms with Crippen LogP contribution >= 0.6 is 0 Å². The van der Waals surface area contributed by atoms with E-state index in [0.29, 0.717) is 0 Å². The number of benzene rings is 1. The first-order valence-corrected chi connectivity index (χ1v) is 6.85.